The van der Waals surface area contributed by atoms with E-state index >= 15 is 0 Å². The van der Waals surface area contributed by atoms with E-state index in [4.69, 9.17) is 4.74 Å². The molecule has 130 valence electrons. The Morgan fingerprint density at radius 2 is 2.21 bits per heavy atom. The highest BCUT2D eigenvalue weighted by molar-refractivity contribution is 5.89. The quantitative estimate of drug-likeness (QED) is 0.854. The van der Waals surface area contributed by atoms with Crippen LogP contribution in [0, 0.1) is 18.8 Å². The van der Waals surface area contributed by atoms with Crippen LogP contribution in [0.5, 0.6) is 0 Å². The summed E-state index contributed by atoms with van der Waals surface area (Å²) in [5, 5.41) is 6.94. The molecule has 0 radical (unpaired) electrons. The van der Waals surface area contributed by atoms with Crippen molar-refractivity contribution in [1.29, 1.82) is 0 Å². The van der Waals surface area contributed by atoms with E-state index in [1.807, 2.05) is 11.8 Å². The second-order valence-electron chi connectivity index (χ2n) is 7.07. The average molecular weight is 333 g/mol. The zero-order chi connectivity index (χ0) is 16.7. The van der Waals surface area contributed by atoms with E-state index in [1.54, 1.807) is 4.90 Å². The highest BCUT2D eigenvalue weighted by Crippen LogP contribution is 2.32. The minimum Gasteiger partial charge on any atom is -0.366 e. The minimum absolute atomic E-state index is 0.0576. The van der Waals surface area contributed by atoms with E-state index in [2.05, 4.69) is 15.2 Å². The van der Waals surface area contributed by atoms with Crippen molar-refractivity contribution in [3.63, 3.8) is 0 Å². The molecule has 3 heterocycles. The van der Waals surface area contributed by atoms with Gasteiger partial charge in [0.05, 0.1) is 19.1 Å². The summed E-state index contributed by atoms with van der Waals surface area (Å²) in [7, 11) is 0. The molecule has 24 heavy (non-hydrogen) atoms. The molecule has 0 bridgehead atoms. The van der Waals surface area contributed by atoms with Crippen molar-refractivity contribution < 1.29 is 14.3 Å². The van der Waals surface area contributed by atoms with Crippen LogP contribution in [0.2, 0.25) is 0 Å². The largest absolute Gasteiger partial charge is 0.366 e. The molecule has 2 aliphatic heterocycles. The zero-order valence-corrected chi connectivity index (χ0v) is 13.9. The number of H-pyrrole nitrogens is 1. The van der Waals surface area contributed by atoms with Crippen molar-refractivity contribution in [2.45, 2.75) is 32.3 Å². The second kappa shape index (κ2) is 6.16. The SMILES string of the molecule is Cc1nc([C@@H]2CN(C(=O)[C@@H]3CC(=O)N(CC4CC4)C3)CCO2)n[nH]1. The fourth-order valence-corrected chi connectivity index (χ4v) is 3.49. The van der Waals surface area contributed by atoms with Crippen molar-refractivity contribution in [2.24, 2.45) is 11.8 Å². The molecule has 2 saturated heterocycles. The maximum absolute atomic E-state index is 12.8. The maximum atomic E-state index is 12.8. The Balaban J connectivity index is 1.38. The molecule has 4 rings (SSSR count). The number of carbonyl (C=O) groups is 2. The van der Waals surface area contributed by atoms with E-state index in [1.165, 1.54) is 12.8 Å². The number of aromatic nitrogens is 3. The van der Waals surface area contributed by atoms with E-state index in [-0.39, 0.29) is 23.8 Å². The summed E-state index contributed by atoms with van der Waals surface area (Å²) in [5.74, 6) is 1.93. The number of nitrogens with one attached hydrogen (secondary N) is 1. The Bertz CT molecular complexity index is 641. The second-order valence-corrected chi connectivity index (χ2v) is 7.07. The first kappa shape index (κ1) is 15.6. The molecule has 3 aliphatic rings. The van der Waals surface area contributed by atoms with Crippen LogP contribution in [0.25, 0.3) is 0 Å². The molecule has 0 aromatic carbocycles. The van der Waals surface area contributed by atoms with Gasteiger partial charge in [0, 0.05) is 26.1 Å². The van der Waals surface area contributed by atoms with Gasteiger partial charge >= 0.3 is 0 Å². The molecule has 1 aromatic heterocycles. The first-order valence-corrected chi connectivity index (χ1v) is 8.67. The maximum Gasteiger partial charge on any atom is 0.228 e. The van der Waals surface area contributed by atoms with Crippen LogP contribution in [-0.2, 0) is 14.3 Å². The summed E-state index contributed by atoms with van der Waals surface area (Å²) >= 11 is 0. The molecule has 1 aliphatic carbocycles. The van der Waals surface area contributed by atoms with E-state index in [0.717, 1.165) is 12.4 Å². The molecule has 2 atom stereocenters. The number of hydrogen-bond donors (Lipinski definition) is 1. The van der Waals surface area contributed by atoms with Gasteiger partial charge in [-0.15, -0.1) is 0 Å². The van der Waals surface area contributed by atoms with Gasteiger partial charge in [0.25, 0.3) is 0 Å². The zero-order valence-electron chi connectivity index (χ0n) is 13.9. The summed E-state index contributed by atoms with van der Waals surface area (Å²) in [6.07, 6.45) is 2.47. The number of likely N-dealkylation sites (tertiary alicyclic amines) is 1. The summed E-state index contributed by atoms with van der Waals surface area (Å²) in [6, 6.07) is 0. The average Bonchev–Trinajstić information content (AvgIpc) is 3.18. The summed E-state index contributed by atoms with van der Waals surface area (Å²) in [5.41, 5.74) is 0. The van der Waals surface area contributed by atoms with E-state index in [0.29, 0.717) is 44.4 Å². The molecule has 1 aromatic rings. The normalized spacial score (nSPS) is 27.8. The number of ether oxygens (including phenoxy) is 1. The number of nitrogens with zero attached hydrogens (tertiary/aromatic N) is 4. The highest BCUT2D eigenvalue weighted by Gasteiger charge is 2.40. The van der Waals surface area contributed by atoms with Gasteiger partial charge in [-0.2, -0.15) is 5.10 Å². The van der Waals surface area contributed by atoms with Crippen molar-refractivity contribution in [3.8, 4) is 0 Å². The first-order valence-electron chi connectivity index (χ1n) is 8.67. The minimum atomic E-state index is -0.299. The van der Waals surface area contributed by atoms with Gasteiger partial charge in [-0.1, -0.05) is 0 Å². The summed E-state index contributed by atoms with van der Waals surface area (Å²) in [4.78, 5) is 32.9. The molecule has 0 unspecified atom stereocenters. The lowest BCUT2D eigenvalue weighted by atomic mass is 10.1. The van der Waals surface area contributed by atoms with Gasteiger partial charge in [0.15, 0.2) is 5.82 Å². The van der Waals surface area contributed by atoms with Gasteiger partial charge in [0.2, 0.25) is 11.8 Å². The Morgan fingerprint density at radius 1 is 1.38 bits per heavy atom. The third-order valence-corrected chi connectivity index (χ3v) is 5.02. The van der Waals surface area contributed by atoms with Crippen molar-refractivity contribution in [2.75, 3.05) is 32.8 Å². The Hall–Kier alpha value is -1.96. The number of amides is 2. The predicted molar refractivity (Wildman–Crippen MR) is 83.8 cm³/mol. The van der Waals surface area contributed by atoms with Crippen LogP contribution >= 0.6 is 0 Å². The lowest BCUT2D eigenvalue weighted by Crippen LogP contribution is -2.45. The fourth-order valence-electron chi connectivity index (χ4n) is 3.49. The number of morpholine rings is 1. The smallest absolute Gasteiger partial charge is 0.228 e. The third kappa shape index (κ3) is 3.15. The Morgan fingerprint density at radius 3 is 2.92 bits per heavy atom. The molecular formula is C16H23N5O3. The van der Waals surface area contributed by atoms with Crippen LogP contribution in [0.3, 0.4) is 0 Å². The van der Waals surface area contributed by atoms with Gasteiger partial charge in [-0.05, 0) is 25.7 Å². The van der Waals surface area contributed by atoms with Crippen LogP contribution in [-0.4, -0.2) is 69.6 Å². The Labute approximate surface area is 140 Å². The lowest BCUT2D eigenvalue weighted by Gasteiger charge is -2.33. The van der Waals surface area contributed by atoms with E-state index < -0.39 is 0 Å². The van der Waals surface area contributed by atoms with E-state index in [9.17, 15) is 9.59 Å². The van der Waals surface area contributed by atoms with Crippen molar-refractivity contribution >= 4 is 11.8 Å². The summed E-state index contributed by atoms with van der Waals surface area (Å²) < 4.78 is 5.71. The first-order chi connectivity index (χ1) is 11.6. The Kier molecular flexibility index (Phi) is 3.99. The predicted octanol–water partition coefficient (Wildman–Crippen LogP) is 0.272. The van der Waals surface area contributed by atoms with Crippen LogP contribution in [0.4, 0.5) is 0 Å². The van der Waals surface area contributed by atoms with Crippen molar-refractivity contribution in [1.82, 2.24) is 25.0 Å². The van der Waals surface area contributed by atoms with Crippen LogP contribution in [0.15, 0.2) is 0 Å². The number of aromatic amines is 1. The molecule has 1 saturated carbocycles. The molecule has 2 amide bonds. The van der Waals surface area contributed by atoms with Gasteiger partial charge in [-0.3, -0.25) is 14.7 Å². The van der Waals surface area contributed by atoms with Gasteiger partial charge in [0.1, 0.15) is 11.9 Å². The molecular weight excluding hydrogens is 310 g/mol. The van der Waals surface area contributed by atoms with Gasteiger partial charge in [-0.25, -0.2) is 4.98 Å². The molecule has 1 N–H and O–H groups in total. The van der Waals surface area contributed by atoms with Crippen LogP contribution < -0.4 is 0 Å². The lowest BCUT2D eigenvalue weighted by molar-refractivity contribution is -0.143. The topological polar surface area (TPSA) is 91.4 Å². The standard InChI is InChI=1S/C16H23N5O3/c1-10-17-15(19-18-10)13-9-20(4-5-24-13)16(23)12-6-14(22)21(8-12)7-11-2-3-11/h11-13H,2-9H2,1H3,(H,17,18,19)/t12-,13+/m1/s1. The van der Waals surface area contributed by atoms with Crippen LogP contribution in [0.1, 0.15) is 37.0 Å². The number of carbonyl (C=O) groups excluding carboxylic acids is 2. The fraction of sp³-hybridized carbons (Fsp3) is 0.750. The third-order valence-electron chi connectivity index (χ3n) is 5.02. The molecule has 8 heteroatoms. The summed E-state index contributed by atoms with van der Waals surface area (Å²) in [6.45, 7) is 4.70. The highest BCUT2D eigenvalue weighted by atomic mass is 16.5. The molecule has 8 nitrogen and oxygen atoms in total. The van der Waals surface area contributed by atoms with Gasteiger partial charge < -0.3 is 14.5 Å². The van der Waals surface area contributed by atoms with Crippen molar-refractivity contribution in [3.05, 3.63) is 11.6 Å². The molecule has 0 spiro atoms. The molecule has 3 fully saturated rings. The number of rotatable bonds is 4. The number of aryl methyl sites for hydroxylation is 1. The monoisotopic (exact) mass is 333 g/mol. The number of hydrogen-bond acceptors (Lipinski definition) is 5.